The maximum absolute atomic E-state index is 12.5. The molecule has 0 fully saturated rings. The Kier molecular flexibility index (Phi) is 5.19. The first kappa shape index (κ1) is 17.6. The Bertz CT molecular complexity index is 846. The molecule has 0 unspecified atom stereocenters. The number of halogens is 2. The fourth-order valence-electron chi connectivity index (χ4n) is 1.96. The number of carbonyl (C=O) groups is 1. The van der Waals surface area contributed by atoms with Crippen LogP contribution in [-0.4, -0.2) is 21.5 Å². The molecule has 0 aliphatic rings. The van der Waals surface area contributed by atoms with Crippen LogP contribution < -0.4 is 4.72 Å². The summed E-state index contributed by atoms with van der Waals surface area (Å²) in [6.45, 7) is 1.67. The van der Waals surface area contributed by atoms with Gasteiger partial charge in [-0.25, -0.2) is 13.2 Å². The Morgan fingerprint density at radius 1 is 1.13 bits per heavy atom. The number of hydrogen-bond donors (Lipinski definition) is 1. The van der Waals surface area contributed by atoms with Gasteiger partial charge in [0.2, 0.25) is 0 Å². The second-order valence-electron chi connectivity index (χ2n) is 4.68. The van der Waals surface area contributed by atoms with Crippen LogP contribution in [0.4, 0.5) is 5.69 Å². The van der Waals surface area contributed by atoms with E-state index in [9.17, 15) is 13.2 Å². The van der Waals surface area contributed by atoms with Crippen molar-refractivity contribution in [3.05, 3.63) is 57.6 Å². The van der Waals surface area contributed by atoms with Crippen LogP contribution in [0.3, 0.4) is 0 Å². The Morgan fingerprint density at radius 2 is 1.74 bits per heavy atom. The molecule has 122 valence electrons. The minimum Gasteiger partial charge on any atom is -0.465 e. The van der Waals surface area contributed by atoms with Crippen LogP contribution in [0.15, 0.2) is 41.3 Å². The molecule has 5 nitrogen and oxygen atoms in total. The smallest absolute Gasteiger partial charge is 0.337 e. The zero-order valence-corrected chi connectivity index (χ0v) is 14.6. The van der Waals surface area contributed by atoms with Crippen molar-refractivity contribution < 1.29 is 17.9 Å². The number of hydrogen-bond acceptors (Lipinski definition) is 4. The minimum atomic E-state index is -3.97. The Balaban J connectivity index is 2.40. The SMILES string of the molecule is COC(=O)c1ccc(NS(=O)(=O)c2c(Cl)cccc2Cl)c(C)c1. The molecular formula is C15H13Cl2NO4S. The summed E-state index contributed by atoms with van der Waals surface area (Å²) in [6, 6.07) is 8.90. The molecule has 23 heavy (non-hydrogen) atoms. The van der Waals surface area contributed by atoms with Gasteiger partial charge < -0.3 is 4.74 Å². The summed E-state index contributed by atoms with van der Waals surface area (Å²) in [4.78, 5) is 11.3. The standard InChI is InChI=1S/C15H13Cl2NO4S/c1-9-8-10(15(19)22-2)6-7-13(9)18-23(20,21)14-11(16)4-3-5-12(14)17/h3-8,18H,1-2H3. The summed E-state index contributed by atoms with van der Waals surface area (Å²) >= 11 is 11.9. The van der Waals surface area contributed by atoms with Gasteiger partial charge in [-0.2, -0.15) is 0 Å². The number of sulfonamides is 1. The second kappa shape index (κ2) is 6.78. The summed E-state index contributed by atoms with van der Waals surface area (Å²) in [5.41, 5.74) is 1.19. The van der Waals surface area contributed by atoms with Gasteiger partial charge in [-0.1, -0.05) is 29.3 Å². The number of ether oxygens (including phenoxy) is 1. The van der Waals surface area contributed by atoms with Crippen molar-refractivity contribution in [3.63, 3.8) is 0 Å². The molecular weight excluding hydrogens is 361 g/mol. The average Bonchev–Trinajstić information content (AvgIpc) is 2.48. The second-order valence-corrected chi connectivity index (χ2v) is 7.11. The van der Waals surface area contributed by atoms with Gasteiger partial charge in [0.05, 0.1) is 28.4 Å². The van der Waals surface area contributed by atoms with Crippen LogP contribution in [0, 0.1) is 6.92 Å². The Morgan fingerprint density at radius 3 is 2.26 bits per heavy atom. The van der Waals surface area contributed by atoms with E-state index in [-0.39, 0.29) is 14.9 Å². The highest BCUT2D eigenvalue weighted by atomic mass is 35.5. The van der Waals surface area contributed by atoms with E-state index in [4.69, 9.17) is 23.2 Å². The van der Waals surface area contributed by atoms with Crippen LogP contribution in [0.2, 0.25) is 10.0 Å². The number of anilines is 1. The topological polar surface area (TPSA) is 72.5 Å². The zero-order chi connectivity index (χ0) is 17.2. The van der Waals surface area contributed by atoms with E-state index in [0.29, 0.717) is 16.8 Å². The molecule has 2 rings (SSSR count). The number of rotatable bonds is 4. The van der Waals surface area contributed by atoms with Crippen LogP contribution in [0.5, 0.6) is 0 Å². The molecule has 0 atom stereocenters. The molecule has 0 aliphatic heterocycles. The van der Waals surface area contributed by atoms with Gasteiger partial charge in [0.15, 0.2) is 0 Å². The van der Waals surface area contributed by atoms with Gasteiger partial charge in [-0.3, -0.25) is 4.72 Å². The number of nitrogens with one attached hydrogen (secondary N) is 1. The largest absolute Gasteiger partial charge is 0.465 e. The van der Waals surface area contributed by atoms with Crippen molar-refractivity contribution in [1.29, 1.82) is 0 Å². The van der Waals surface area contributed by atoms with Crippen LogP contribution in [0.25, 0.3) is 0 Å². The average molecular weight is 374 g/mol. The Hall–Kier alpha value is -1.76. The summed E-state index contributed by atoms with van der Waals surface area (Å²) < 4.78 is 32.0. The van der Waals surface area contributed by atoms with Crippen molar-refractivity contribution >= 4 is 44.9 Å². The van der Waals surface area contributed by atoms with Crippen molar-refractivity contribution in [2.24, 2.45) is 0 Å². The molecule has 0 aliphatic carbocycles. The van der Waals surface area contributed by atoms with E-state index in [1.807, 2.05) is 0 Å². The van der Waals surface area contributed by atoms with Gasteiger partial charge >= 0.3 is 5.97 Å². The predicted octanol–water partition coefficient (Wildman–Crippen LogP) is 3.89. The monoisotopic (exact) mass is 373 g/mol. The molecule has 0 saturated heterocycles. The molecule has 8 heteroatoms. The minimum absolute atomic E-state index is 0.0221. The van der Waals surface area contributed by atoms with Crippen molar-refractivity contribution in [3.8, 4) is 0 Å². The zero-order valence-electron chi connectivity index (χ0n) is 12.3. The van der Waals surface area contributed by atoms with Gasteiger partial charge in [-0.05, 0) is 42.8 Å². The molecule has 2 aromatic rings. The van der Waals surface area contributed by atoms with Crippen LogP contribution >= 0.6 is 23.2 Å². The molecule has 0 amide bonds. The molecule has 0 bridgehead atoms. The molecule has 0 radical (unpaired) electrons. The Labute approximate surface area is 144 Å². The highest BCUT2D eigenvalue weighted by Crippen LogP contribution is 2.31. The molecule has 0 heterocycles. The van der Waals surface area contributed by atoms with Gasteiger partial charge in [0.25, 0.3) is 10.0 Å². The van der Waals surface area contributed by atoms with E-state index >= 15 is 0 Å². The first-order valence-electron chi connectivity index (χ1n) is 6.42. The number of aryl methyl sites for hydroxylation is 1. The fourth-order valence-corrected chi connectivity index (χ4v) is 4.24. The van der Waals surface area contributed by atoms with Crippen molar-refractivity contribution in [1.82, 2.24) is 0 Å². The first-order valence-corrected chi connectivity index (χ1v) is 8.66. The lowest BCUT2D eigenvalue weighted by Gasteiger charge is -2.13. The molecule has 2 aromatic carbocycles. The molecule has 0 spiro atoms. The van der Waals surface area contributed by atoms with E-state index in [1.54, 1.807) is 13.0 Å². The third-order valence-electron chi connectivity index (χ3n) is 3.08. The maximum Gasteiger partial charge on any atom is 0.337 e. The number of benzene rings is 2. The number of esters is 1. The lowest BCUT2D eigenvalue weighted by Crippen LogP contribution is -2.15. The fraction of sp³-hybridized carbons (Fsp3) is 0.133. The van der Waals surface area contributed by atoms with E-state index < -0.39 is 16.0 Å². The maximum atomic E-state index is 12.5. The van der Waals surface area contributed by atoms with Crippen LogP contribution in [-0.2, 0) is 14.8 Å². The summed E-state index contributed by atoms with van der Waals surface area (Å²) in [5, 5.41) is 0.0441. The third kappa shape index (κ3) is 3.77. The normalized spacial score (nSPS) is 11.1. The summed E-state index contributed by atoms with van der Waals surface area (Å²) in [5.74, 6) is -0.503. The van der Waals surface area contributed by atoms with Gasteiger partial charge in [0.1, 0.15) is 4.90 Å². The highest BCUT2D eigenvalue weighted by Gasteiger charge is 2.22. The van der Waals surface area contributed by atoms with Gasteiger partial charge in [-0.15, -0.1) is 0 Å². The number of methoxy groups -OCH3 is 1. The molecule has 0 saturated carbocycles. The summed E-state index contributed by atoms with van der Waals surface area (Å²) in [6.07, 6.45) is 0. The van der Waals surface area contributed by atoms with Gasteiger partial charge in [0, 0.05) is 0 Å². The van der Waals surface area contributed by atoms with Crippen LogP contribution in [0.1, 0.15) is 15.9 Å². The number of carbonyl (C=O) groups excluding carboxylic acids is 1. The molecule has 1 N–H and O–H groups in total. The quantitative estimate of drug-likeness (QED) is 0.825. The lowest BCUT2D eigenvalue weighted by molar-refractivity contribution is 0.0600. The lowest BCUT2D eigenvalue weighted by atomic mass is 10.1. The highest BCUT2D eigenvalue weighted by molar-refractivity contribution is 7.93. The molecule has 0 aromatic heterocycles. The van der Waals surface area contributed by atoms with Crippen molar-refractivity contribution in [2.45, 2.75) is 11.8 Å². The van der Waals surface area contributed by atoms with E-state index in [1.165, 1.54) is 37.4 Å². The van der Waals surface area contributed by atoms with E-state index in [2.05, 4.69) is 9.46 Å². The third-order valence-corrected chi connectivity index (χ3v) is 5.40. The predicted molar refractivity (Wildman–Crippen MR) is 89.8 cm³/mol. The van der Waals surface area contributed by atoms with Crippen molar-refractivity contribution in [2.75, 3.05) is 11.8 Å². The van der Waals surface area contributed by atoms with E-state index in [0.717, 1.165) is 0 Å². The summed E-state index contributed by atoms with van der Waals surface area (Å²) in [7, 11) is -2.69. The first-order chi connectivity index (χ1) is 10.8.